The minimum atomic E-state index is -0.0343. The summed E-state index contributed by atoms with van der Waals surface area (Å²) in [7, 11) is 0. The highest BCUT2D eigenvalue weighted by atomic mass is 16.5. The van der Waals surface area contributed by atoms with E-state index in [1.807, 2.05) is 49.4 Å². The summed E-state index contributed by atoms with van der Waals surface area (Å²) in [5.41, 5.74) is 2.17. The Morgan fingerprint density at radius 2 is 1.71 bits per heavy atom. The van der Waals surface area contributed by atoms with Crippen LogP contribution in [0.1, 0.15) is 19.4 Å². The molecule has 3 rings (SSSR count). The minimum Gasteiger partial charge on any atom is -0.488 e. The highest BCUT2D eigenvalue weighted by Crippen LogP contribution is 2.10. The minimum absolute atomic E-state index is 0.0343. The Bertz CT molecular complexity index is 725. The molecule has 2 aromatic rings. The zero-order valence-electron chi connectivity index (χ0n) is 17.0. The van der Waals surface area contributed by atoms with E-state index in [0.29, 0.717) is 0 Å². The third-order valence-corrected chi connectivity index (χ3v) is 5.70. The molecule has 0 saturated carbocycles. The molecular weight excluding hydrogens is 350 g/mol. The van der Waals surface area contributed by atoms with Gasteiger partial charge >= 0.3 is 0 Å². The summed E-state index contributed by atoms with van der Waals surface area (Å²) in [6.07, 6.45) is 1.01. The van der Waals surface area contributed by atoms with Gasteiger partial charge in [0.05, 0.1) is 0 Å². The summed E-state index contributed by atoms with van der Waals surface area (Å²) in [5, 5.41) is 3.07. The number of quaternary nitrogens is 2. The second-order valence-corrected chi connectivity index (χ2v) is 7.58. The maximum atomic E-state index is 12.6. The first kappa shape index (κ1) is 20.4. The molecule has 0 unspecified atom stereocenters. The van der Waals surface area contributed by atoms with Crippen LogP contribution in [0.25, 0.3) is 0 Å². The van der Waals surface area contributed by atoms with Crippen molar-refractivity contribution in [1.29, 1.82) is 0 Å². The summed E-state index contributed by atoms with van der Waals surface area (Å²) in [6, 6.07) is 18.1. The molecule has 1 heterocycles. The number of piperazine rings is 1. The van der Waals surface area contributed by atoms with Crippen LogP contribution < -0.4 is 19.9 Å². The van der Waals surface area contributed by atoms with Crippen molar-refractivity contribution in [3.8, 4) is 5.75 Å². The van der Waals surface area contributed by atoms with Crippen molar-refractivity contribution in [3.05, 3.63) is 60.2 Å². The summed E-state index contributed by atoms with van der Waals surface area (Å²) < 4.78 is 5.81. The van der Waals surface area contributed by atoms with Crippen LogP contribution in [0, 0.1) is 0 Å². The highest BCUT2D eigenvalue weighted by molar-refractivity contribution is 5.93. The fourth-order valence-corrected chi connectivity index (χ4v) is 3.70. The van der Waals surface area contributed by atoms with Gasteiger partial charge in [-0.3, -0.25) is 4.79 Å². The van der Waals surface area contributed by atoms with Gasteiger partial charge in [0, 0.05) is 5.69 Å². The van der Waals surface area contributed by atoms with Crippen LogP contribution in [0.2, 0.25) is 0 Å². The maximum absolute atomic E-state index is 12.6. The van der Waals surface area contributed by atoms with Gasteiger partial charge in [0.15, 0.2) is 6.04 Å². The number of rotatable bonds is 8. The van der Waals surface area contributed by atoms with Crippen molar-refractivity contribution < 1.29 is 19.3 Å². The number of aryl methyl sites for hydroxylation is 1. The molecule has 1 atom stereocenters. The predicted molar refractivity (Wildman–Crippen MR) is 112 cm³/mol. The van der Waals surface area contributed by atoms with Gasteiger partial charge in [-0.1, -0.05) is 37.3 Å². The molecular formula is C23H33N3O2+2. The smallest absolute Gasteiger partial charge is 0.282 e. The van der Waals surface area contributed by atoms with Gasteiger partial charge in [-0.2, -0.15) is 0 Å². The van der Waals surface area contributed by atoms with Crippen LogP contribution in [-0.4, -0.2) is 51.3 Å². The first-order valence-electron chi connectivity index (χ1n) is 10.4. The van der Waals surface area contributed by atoms with Gasteiger partial charge in [0.2, 0.25) is 0 Å². The Kier molecular flexibility index (Phi) is 7.46. The molecule has 2 aromatic carbocycles. The van der Waals surface area contributed by atoms with E-state index < -0.39 is 0 Å². The number of amides is 1. The number of carbonyl (C=O) groups is 1. The lowest BCUT2D eigenvalue weighted by Crippen LogP contribution is -3.30. The molecule has 5 nitrogen and oxygen atoms in total. The number of carbonyl (C=O) groups excluding carboxylic acids is 1. The topological polar surface area (TPSA) is 47.2 Å². The number of benzene rings is 2. The number of hydrogen-bond donors (Lipinski definition) is 3. The first-order valence-corrected chi connectivity index (χ1v) is 10.4. The SMILES string of the molecule is CCc1ccc(NC(=O)[C@H](C)[NH+]2CC[NH+](CCOc3ccccc3)CC2)cc1. The zero-order valence-corrected chi connectivity index (χ0v) is 17.0. The normalized spacial score (nSPS) is 20.4. The van der Waals surface area contributed by atoms with Gasteiger partial charge in [-0.15, -0.1) is 0 Å². The Morgan fingerprint density at radius 3 is 2.36 bits per heavy atom. The fraction of sp³-hybridized carbons (Fsp3) is 0.435. The predicted octanol–water partition coefficient (Wildman–Crippen LogP) is 0.438. The summed E-state index contributed by atoms with van der Waals surface area (Å²) in [4.78, 5) is 15.5. The van der Waals surface area contributed by atoms with Crippen molar-refractivity contribution in [2.75, 3.05) is 44.6 Å². The number of nitrogens with one attached hydrogen (secondary N) is 3. The molecule has 28 heavy (non-hydrogen) atoms. The largest absolute Gasteiger partial charge is 0.488 e. The lowest BCUT2D eigenvalue weighted by Gasteiger charge is -2.32. The number of para-hydroxylation sites is 1. The van der Waals surface area contributed by atoms with Gasteiger partial charge in [-0.25, -0.2) is 0 Å². The second kappa shape index (κ2) is 10.2. The molecule has 1 aliphatic rings. The van der Waals surface area contributed by atoms with Gasteiger partial charge in [-0.05, 0) is 43.2 Å². The molecule has 0 spiro atoms. The van der Waals surface area contributed by atoms with Crippen LogP contribution in [0.3, 0.4) is 0 Å². The third-order valence-electron chi connectivity index (χ3n) is 5.70. The van der Waals surface area contributed by atoms with Crippen molar-refractivity contribution in [2.45, 2.75) is 26.3 Å². The van der Waals surface area contributed by atoms with Gasteiger partial charge in [0.25, 0.3) is 5.91 Å². The maximum Gasteiger partial charge on any atom is 0.282 e. The Morgan fingerprint density at radius 1 is 1.04 bits per heavy atom. The highest BCUT2D eigenvalue weighted by Gasteiger charge is 2.30. The molecule has 0 bridgehead atoms. The lowest BCUT2D eigenvalue weighted by molar-refractivity contribution is -1.02. The number of ether oxygens (including phenoxy) is 1. The van der Waals surface area contributed by atoms with Crippen LogP contribution in [0.5, 0.6) is 5.75 Å². The summed E-state index contributed by atoms with van der Waals surface area (Å²) in [5.74, 6) is 1.04. The van der Waals surface area contributed by atoms with E-state index in [1.165, 1.54) is 10.5 Å². The van der Waals surface area contributed by atoms with Crippen LogP contribution in [-0.2, 0) is 11.2 Å². The van der Waals surface area contributed by atoms with E-state index in [4.69, 9.17) is 4.74 Å². The second-order valence-electron chi connectivity index (χ2n) is 7.58. The van der Waals surface area contributed by atoms with E-state index in [0.717, 1.165) is 57.2 Å². The number of anilines is 1. The molecule has 1 amide bonds. The van der Waals surface area contributed by atoms with Crippen LogP contribution in [0.15, 0.2) is 54.6 Å². The standard InChI is InChI=1S/C23H31N3O2/c1-3-20-9-11-21(12-10-20)24-23(27)19(2)26-15-13-25(14-16-26)17-18-28-22-7-5-4-6-8-22/h4-12,19H,3,13-18H2,1-2H3,(H,24,27)/p+2/t19-/m0/s1. The Labute approximate surface area is 168 Å². The van der Waals surface area contributed by atoms with E-state index in [1.54, 1.807) is 4.90 Å². The van der Waals surface area contributed by atoms with Gasteiger partial charge < -0.3 is 19.9 Å². The van der Waals surface area contributed by atoms with E-state index >= 15 is 0 Å². The molecule has 1 fully saturated rings. The summed E-state index contributed by atoms with van der Waals surface area (Å²) >= 11 is 0. The first-order chi connectivity index (χ1) is 13.7. The molecule has 1 saturated heterocycles. The summed E-state index contributed by atoms with van der Waals surface area (Å²) in [6.45, 7) is 10.1. The van der Waals surface area contributed by atoms with Crippen molar-refractivity contribution in [1.82, 2.24) is 0 Å². The van der Waals surface area contributed by atoms with Crippen LogP contribution >= 0.6 is 0 Å². The van der Waals surface area contributed by atoms with E-state index in [9.17, 15) is 4.79 Å². The lowest BCUT2D eigenvalue weighted by atomic mass is 10.1. The third kappa shape index (κ3) is 5.81. The molecule has 150 valence electrons. The van der Waals surface area contributed by atoms with Crippen LogP contribution in [0.4, 0.5) is 5.69 Å². The Balaban J connectivity index is 1.38. The molecule has 0 radical (unpaired) electrons. The monoisotopic (exact) mass is 383 g/mol. The van der Waals surface area contributed by atoms with Crippen molar-refractivity contribution >= 4 is 11.6 Å². The Hall–Kier alpha value is -2.37. The van der Waals surface area contributed by atoms with Gasteiger partial charge in [0.1, 0.15) is 45.1 Å². The molecule has 0 aliphatic carbocycles. The van der Waals surface area contributed by atoms with Crippen molar-refractivity contribution in [3.63, 3.8) is 0 Å². The number of hydrogen-bond acceptors (Lipinski definition) is 2. The average molecular weight is 384 g/mol. The molecule has 5 heteroatoms. The quantitative estimate of drug-likeness (QED) is 0.620. The molecule has 1 aliphatic heterocycles. The van der Waals surface area contributed by atoms with E-state index in [-0.39, 0.29) is 11.9 Å². The van der Waals surface area contributed by atoms with E-state index in [2.05, 4.69) is 24.4 Å². The van der Waals surface area contributed by atoms with Crippen molar-refractivity contribution in [2.24, 2.45) is 0 Å². The fourth-order valence-electron chi connectivity index (χ4n) is 3.70. The molecule has 3 N–H and O–H groups in total. The molecule has 0 aromatic heterocycles. The zero-order chi connectivity index (χ0) is 19.8. The average Bonchev–Trinajstić information content (AvgIpc) is 2.75.